The minimum absolute atomic E-state index is 0.229. The van der Waals surface area contributed by atoms with E-state index in [1.807, 2.05) is 18.2 Å². The number of aryl methyl sites for hydroxylation is 4. The normalized spacial score (nSPS) is 12.3. The summed E-state index contributed by atoms with van der Waals surface area (Å²) in [6.07, 6.45) is 1.80. The molecule has 0 bridgehead atoms. The van der Waals surface area contributed by atoms with Gasteiger partial charge in [0.25, 0.3) is 0 Å². The molecule has 4 aromatic carbocycles. The van der Waals surface area contributed by atoms with Gasteiger partial charge >= 0.3 is 6.85 Å². The summed E-state index contributed by atoms with van der Waals surface area (Å²) < 4.78 is 4.72. The fourth-order valence-corrected chi connectivity index (χ4v) is 7.40. The highest BCUT2D eigenvalue weighted by Crippen LogP contribution is 2.38. The Labute approximate surface area is 237 Å². The van der Waals surface area contributed by atoms with Gasteiger partial charge in [0, 0.05) is 44.5 Å². The van der Waals surface area contributed by atoms with E-state index in [1.165, 1.54) is 44.1 Å². The molecule has 0 aliphatic carbocycles. The zero-order chi connectivity index (χ0) is 28.2. The maximum Gasteiger partial charge on any atom is 0.333 e. The molecule has 6 heteroatoms. The molecule has 1 aliphatic rings. The van der Waals surface area contributed by atoms with E-state index < -0.39 is 0 Å². The van der Waals surface area contributed by atoms with Gasteiger partial charge in [-0.3, -0.25) is 0 Å². The number of rotatable bonds is 1. The van der Waals surface area contributed by atoms with E-state index >= 15 is 0 Å². The summed E-state index contributed by atoms with van der Waals surface area (Å²) in [5, 5.41) is 24.7. The molecule has 0 radical (unpaired) electrons. The lowest BCUT2D eigenvalue weighted by molar-refractivity contribution is 1.16. The van der Waals surface area contributed by atoms with E-state index in [0.29, 0.717) is 11.3 Å². The molecule has 192 valence electrons. The molecule has 0 unspecified atom stereocenters. The maximum atomic E-state index is 10.5. The predicted octanol–water partition coefficient (Wildman–Crippen LogP) is 6.23. The molecule has 8 rings (SSSR count). The Bertz CT molecular complexity index is 2330. The number of pyridine rings is 1. The third-order valence-electron chi connectivity index (χ3n) is 8.75. The molecule has 0 saturated carbocycles. The van der Waals surface area contributed by atoms with Gasteiger partial charge in [-0.15, -0.1) is 0 Å². The van der Waals surface area contributed by atoms with E-state index in [1.54, 1.807) is 6.20 Å². The van der Waals surface area contributed by atoms with Gasteiger partial charge in [-0.05, 0) is 80.1 Å². The highest BCUT2D eigenvalue weighted by molar-refractivity contribution is 6.88. The fraction of sp³-hybridized carbons (Fsp3) is 0.114. The lowest BCUT2D eigenvalue weighted by atomic mass is 9.47. The summed E-state index contributed by atoms with van der Waals surface area (Å²) >= 11 is 0. The first-order valence-electron chi connectivity index (χ1n) is 13.8. The van der Waals surface area contributed by atoms with Crippen LogP contribution in [0.1, 0.15) is 33.5 Å². The number of benzene rings is 4. The van der Waals surface area contributed by atoms with Crippen LogP contribution in [0.5, 0.6) is 0 Å². The van der Waals surface area contributed by atoms with E-state index in [9.17, 15) is 10.5 Å². The quantitative estimate of drug-likeness (QED) is 0.239. The molecule has 1 aliphatic heterocycles. The summed E-state index contributed by atoms with van der Waals surface area (Å²) in [5.41, 5.74) is 13.4. The Morgan fingerprint density at radius 3 is 2.05 bits per heavy atom. The molecule has 0 amide bonds. The second-order valence-electron chi connectivity index (χ2n) is 11.4. The van der Waals surface area contributed by atoms with Crippen LogP contribution in [0, 0.1) is 50.4 Å². The minimum Gasteiger partial charge on any atom is -0.375 e. The van der Waals surface area contributed by atoms with Crippen molar-refractivity contribution in [1.29, 1.82) is 10.5 Å². The van der Waals surface area contributed by atoms with Crippen molar-refractivity contribution in [2.75, 3.05) is 0 Å². The SMILES string of the molecule is Cc1cc(C)c2c(c1)c1cc(C)cc(C)c1n2B1c2ccccc2-n2c3cc(C#N)ncc3c3ccc(C#N)c1c32. The molecule has 0 spiro atoms. The molecule has 41 heavy (non-hydrogen) atoms. The van der Waals surface area contributed by atoms with E-state index in [0.717, 1.165) is 38.4 Å². The van der Waals surface area contributed by atoms with Crippen molar-refractivity contribution >= 4 is 61.4 Å². The van der Waals surface area contributed by atoms with Crippen LogP contribution in [0.2, 0.25) is 0 Å². The lowest BCUT2D eigenvalue weighted by Crippen LogP contribution is -2.54. The summed E-state index contributed by atoms with van der Waals surface area (Å²) in [4.78, 5) is 4.42. The first-order valence-corrected chi connectivity index (χ1v) is 13.8. The highest BCUT2D eigenvalue weighted by Gasteiger charge is 2.38. The first-order chi connectivity index (χ1) is 19.9. The fourth-order valence-electron chi connectivity index (χ4n) is 7.40. The van der Waals surface area contributed by atoms with Crippen LogP contribution in [-0.4, -0.2) is 20.9 Å². The Morgan fingerprint density at radius 2 is 1.39 bits per heavy atom. The second-order valence-corrected chi connectivity index (χ2v) is 11.4. The van der Waals surface area contributed by atoms with Gasteiger partial charge in [0.05, 0.1) is 22.7 Å². The van der Waals surface area contributed by atoms with Crippen LogP contribution in [0.4, 0.5) is 0 Å². The zero-order valence-corrected chi connectivity index (χ0v) is 23.2. The number of nitrogens with zero attached hydrogens (tertiary/aromatic N) is 5. The van der Waals surface area contributed by atoms with Crippen molar-refractivity contribution in [2.24, 2.45) is 0 Å². The van der Waals surface area contributed by atoms with Crippen LogP contribution < -0.4 is 10.9 Å². The van der Waals surface area contributed by atoms with E-state index in [-0.39, 0.29) is 6.85 Å². The van der Waals surface area contributed by atoms with Crippen LogP contribution >= 0.6 is 0 Å². The number of hydrogen-bond acceptors (Lipinski definition) is 3. The average Bonchev–Trinajstić information content (AvgIpc) is 3.47. The van der Waals surface area contributed by atoms with E-state index in [2.05, 4.69) is 102 Å². The van der Waals surface area contributed by atoms with Crippen LogP contribution in [0.15, 0.2) is 72.9 Å². The van der Waals surface area contributed by atoms with Gasteiger partial charge in [-0.2, -0.15) is 10.5 Å². The molecular formula is C35H24BN5. The van der Waals surface area contributed by atoms with Crippen molar-refractivity contribution < 1.29 is 0 Å². The molecule has 4 heterocycles. The van der Waals surface area contributed by atoms with Gasteiger partial charge in [0.2, 0.25) is 0 Å². The van der Waals surface area contributed by atoms with Gasteiger partial charge in [0.1, 0.15) is 11.8 Å². The average molecular weight is 525 g/mol. The highest BCUT2D eigenvalue weighted by atomic mass is 15.0. The maximum absolute atomic E-state index is 10.5. The van der Waals surface area contributed by atoms with E-state index in [4.69, 9.17) is 0 Å². The Balaban J connectivity index is 1.65. The summed E-state index contributed by atoms with van der Waals surface area (Å²) in [5.74, 6) is 0. The Morgan fingerprint density at radius 1 is 0.707 bits per heavy atom. The largest absolute Gasteiger partial charge is 0.375 e. The Kier molecular flexibility index (Phi) is 4.65. The molecular weight excluding hydrogens is 501 g/mol. The molecule has 0 atom stereocenters. The molecule has 0 N–H and O–H groups in total. The van der Waals surface area contributed by atoms with Crippen LogP contribution in [0.25, 0.3) is 49.3 Å². The molecule has 0 fully saturated rings. The van der Waals surface area contributed by atoms with Crippen molar-refractivity contribution in [2.45, 2.75) is 27.7 Å². The molecule has 7 aromatic rings. The van der Waals surface area contributed by atoms with Gasteiger partial charge in [-0.25, -0.2) is 4.98 Å². The second kappa shape index (κ2) is 8.10. The zero-order valence-electron chi connectivity index (χ0n) is 23.2. The lowest BCUT2D eigenvalue weighted by Gasteiger charge is -2.29. The third-order valence-corrected chi connectivity index (χ3v) is 8.75. The number of para-hydroxylation sites is 1. The van der Waals surface area contributed by atoms with Gasteiger partial charge in [-0.1, -0.05) is 47.5 Å². The summed E-state index contributed by atoms with van der Waals surface area (Å²) in [6, 6.07) is 28.2. The minimum atomic E-state index is -0.229. The number of aromatic nitrogens is 3. The van der Waals surface area contributed by atoms with Crippen molar-refractivity contribution in [1.82, 2.24) is 14.0 Å². The van der Waals surface area contributed by atoms with Crippen molar-refractivity contribution in [3.05, 3.63) is 106 Å². The van der Waals surface area contributed by atoms with Crippen LogP contribution in [-0.2, 0) is 0 Å². The van der Waals surface area contributed by atoms with Crippen LogP contribution in [0.3, 0.4) is 0 Å². The molecule has 3 aromatic heterocycles. The molecule has 0 saturated heterocycles. The number of hydrogen-bond donors (Lipinski definition) is 0. The Hall–Kier alpha value is -5.33. The number of fused-ring (bicyclic) bond motifs is 8. The van der Waals surface area contributed by atoms with Gasteiger partial charge in [0.15, 0.2) is 0 Å². The monoisotopic (exact) mass is 525 g/mol. The standard InChI is InChI=1S/C35H24BN5/c1-19-11-21(3)33-26(13-19)27-14-20(2)12-22(4)34(27)41(33)36-29-7-5-6-8-30(29)40-31-15-24(17-38)39-18-28(31)25-10-9-23(16-37)32(36)35(25)40/h5-15,18H,1-4H3. The van der Waals surface area contributed by atoms with Crippen molar-refractivity contribution in [3.8, 4) is 17.8 Å². The van der Waals surface area contributed by atoms with Crippen molar-refractivity contribution in [3.63, 3.8) is 0 Å². The van der Waals surface area contributed by atoms with Gasteiger partial charge < -0.3 is 9.05 Å². The number of nitriles is 2. The third kappa shape index (κ3) is 2.97. The first kappa shape index (κ1) is 23.6. The molecule has 5 nitrogen and oxygen atoms in total. The summed E-state index contributed by atoms with van der Waals surface area (Å²) in [7, 11) is 0. The smallest absolute Gasteiger partial charge is 0.333 e. The topological polar surface area (TPSA) is 70.3 Å². The summed E-state index contributed by atoms with van der Waals surface area (Å²) in [6.45, 7) is 8.47. The predicted molar refractivity (Wildman–Crippen MR) is 167 cm³/mol.